The van der Waals surface area contributed by atoms with Gasteiger partial charge in [0.15, 0.2) is 0 Å². The second kappa shape index (κ2) is 7.19. The van der Waals surface area contributed by atoms with Gasteiger partial charge in [0.1, 0.15) is 0 Å². The van der Waals surface area contributed by atoms with Crippen molar-refractivity contribution in [3.8, 4) is 0 Å². The maximum Gasteiger partial charge on any atom is 0.448 e. The summed E-state index contributed by atoms with van der Waals surface area (Å²) in [4.78, 5) is 11.0. The minimum atomic E-state index is -4.80. The number of carbonyl (C=O) groups excluding carboxylic acids is 1. The van der Waals surface area contributed by atoms with Crippen LogP contribution in [-0.2, 0) is 9.53 Å². The number of halogens is 3. The van der Waals surface area contributed by atoms with Crippen molar-refractivity contribution >= 4 is 5.97 Å². The van der Waals surface area contributed by atoms with Gasteiger partial charge in [-0.15, -0.1) is 5.11 Å². The summed E-state index contributed by atoms with van der Waals surface area (Å²) in [5.41, 5.74) is 6.28. The number of alkyl halides is 3. The lowest BCUT2D eigenvalue weighted by Gasteiger charge is -2.14. The SMILES string of the molecule is CCCCCCC(=O)OC(N=N)C(F)(F)F. The van der Waals surface area contributed by atoms with E-state index in [1.807, 2.05) is 6.92 Å². The maximum atomic E-state index is 12.0. The molecule has 0 aliphatic heterocycles. The fourth-order valence-electron chi connectivity index (χ4n) is 1.05. The lowest BCUT2D eigenvalue weighted by atomic mass is 10.2. The minimum Gasteiger partial charge on any atom is -0.428 e. The molecule has 1 unspecified atom stereocenters. The summed E-state index contributed by atoms with van der Waals surface area (Å²) < 4.78 is 40.1. The number of nitrogens with zero attached hydrogens (tertiary/aromatic N) is 1. The van der Waals surface area contributed by atoms with Gasteiger partial charge in [-0.05, 0) is 6.42 Å². The molecule has 0 aliphatic carbocycles. The van der Waals surface area contributed by atoms with Crippen LogP contribution in [0.1, 0.15) is 39.0 Å². The Labute approximate surface area is 91.7 Å². The quantitative estimate of drug-likeness (QED) is 0.421. The molecule has 0 aromatic carbocycles. The molecule has 0 saturated carbocycles. The minimum absolute atomic E-state index is 0.0674. The van der Waals surface area contributed by atoms with Crippen molar-refractivity contribution in [3.63, 3.8) is 0 Å². The topological polar surface area (TPSA) is 62.5 Å². The monoisotopic (exact) mass is 240 g/mol. The van der Waals surface area contributed by atoms with E-state index in [-0.39, 0.29) is 6.42 Å². The molecule has 0 spiro atoms. The van der Waals surface area contributed by atoms with Gasteiger partial charge in [0.2, 0.25) is 0 Å². The Kier molecular flexibility index (Phi) is 6.67. The lowest BCUT2D eigenvalue weighted by molar-refractivity contribution is -0.221. The molecule has 0 radical (unpaired) electrons. The number of rotatable bonds is 7. The zero-order chi connectivity index (χ0) is 12.6. The summed E-state index contributed by atoms with van der Waals surface area (Å²) in [5.74, 6) is -0.963. The normalized spacial score (nSPS) is 13.2. The molecule has 0 heterocycles. The maximum absolute atomic E-state index is 12.0. The Hall–Kier alpha value is -1.14. The number of hydrogen-bond donors (Lipinski definition) is 1. The average Bonchev–Trinajstić information content (AvgIpc) is 2.19. The number of unbranched alkanes of at least 4 members (excludes halogenated alkanes) is 3. The van der Waals surface area contributed by atoms with E-state index in [1.54, 1.807) is 0 Å². The molecule has 4 nitrogen and oxygen atoms in total. The fourth-order valence-corrected chi connectivity index (χ4v) is 1.05. The van der Waals surface area contributed by atoms with Crippen LogP contribution in [0.25, 0.3) is 0 Å². The van der Waals surface area contributed by atoms with Crippen molar-refractivity contribution in [2.24, 2.45) is 5.11 Å². The highest BCUT2D eigenvalue weighted by molar-refractivity contribution is 5.69. The first kappa shape index (κ1) is 14.9. The third-order valence-electron chi connectivity index (χ3n) is 1.87. The molecular weight excluding hydrogens is 225 g/mol. The van der Waals surface area contributed by atoms with Gasteiger partial charge in [-0.3, -0.25) is 4.79 Å². The van der Waals surface area contributed by atoms with Gasteiger partial charge in [0.05, 0.1) is 0 Å². The molecule has 0 aromatic heterocycles. The van der Waals surface area contributed by atoms with Crippen molar-refractivity contribution in [2.45, 2.75) is 51.4 Å². The summed E-state index contributed by atoms with van der Waals surface area (Å²) in [6, 6.07) is 0. The number of ether oxygens (including phenoxy) is 1. The van der Waals surface area contributed by atoms with Crippen molar-refractivity contribution in [2.75, 3.05) is 0 Å². The highest BCUT2D eigenvalue weighted by atomic mass is 19.4. The average molecular weight is 240 g/mol. The largest absolute Gasteiger partial charge is 0.448 e. The van der Waals surface area contributed by atoms with Crippen molar-refractivity contribution in [1.29, 1.82) is 5.53 Å². The van der Waals surface area contributed by atoms with Crippen molar-refractivity contribution in [3.05, 3.63) is 0 Å². The van der Waals surface area contributed by atoms with Crippen LogP contribution in [0.15, 0.2) is 5.11 Å². The van der Waals surface area contributed by atoms with E-state index in [1.165, 1.54) is 0 Å². The smallest absolute Gasteiger partial charge is 0.428 e. The zero-order valence-corrected chi connectivity index (χ0v) is 9.01. The van der Waals surface area contributed by atoms with Crippen LogP contribution < -0.4 is 0 Å². The first-order valence-electron chi connectivity index (χ1n) is 5.04. The van der Waals surface area contributed by atoms with Crippen molar-refractivity contribution < 1.29 is 22.7 Å². The second-order valence-corrected chi connectivity index (χ2v) is 3.32. The third-order valence-corrected chi connectivity index (χ3v) is 1.87. The lowest BCUT2D eigenvalue weighted by Crippen LogP contribution is -2.31. The summed E-state index contributed by atoms with van der Waals surface area (Å²) >= 11 is 0. The molecule has 1 N–H and O–H groups in total. The van der Waals surface area contributed by atoms with Gasteiger partial charge in [0.25, 0.3) is 0 Å². The van der Waals surface area contributed by atoms with Gasteiger partial charge in [-0.2, -0.15) is 13.2 Å². The van der Waals surface area contributed by atoms with Crippen LogP contribution in [0.5, 0.6) is 0 Å². The Morgan fingerprint density at radius 2 is 2.00 bits per heavy atom. The van der Waals surface area contributed by atoms with Gasteiger partial charge in [-0.1, -0.05) is 26.2 Å². The summed E-state index contributed by atoms with van der Waals surface area (Å²) in [7, 11) is 0. The first-order valence-corrected chi connectivity index (χ1v) is 5.04. The van der Waals surface area contributed by atoms with Crippen LogP contribution in [0.4, 0.5) is 13.2 Å². The summed E-state index contributed by atoms with van der Waals surface area (Å²) in [5, 5.41) is 2.23. The summed E-state index contributed by atoms with van der Waals surface area (Å²) in [6.07, 6.45) is -4.36. The predicted molar refractivity (Wildman–Crippen MR) is 49.8 cm³/mol. The highest BCUT2D eigenvalue weighted by Gasteiger charge is 2.43. The standard InChI is InChI=1S/C9H15F3N2O2/c1-2-3-4-5-6-7(15)16-8(14-13)9(10,11)12/h8,13H,2-6H2,1H3. The van der Waals surface area contributed by atoms with E-state index in [9.17, 15) is 18.0 Å². The predicted octanol–water partition coefficient (Wildman–Crippen LogP) is 3.42. The molecule has 0 fully saturated rings. The first-order chi connectivity index (χ1) is 7.41. The number of esters is 1. The number of hydrogen-bond acceptors (Lipinski definition) is 4. The van der Waals surface area contributed by atoms with Crippen LogP contribution in [-0.4, -0.2) is 18.4 Å². The van der Waals surface area contributed by atoms with Crippen molar-refractivity contribution in [1.82, 2.24) is 0 Å². The molecule has 16 heavy (non-hydrogen) atoms. The number of nitrogens with one attached hydrogen (secondary N) is 1. The van der Waals surface area contributed by atoms with Gasteiger partial charge >= 0.3 is 18.4 Å². The van der Waals surface area contributed by atoms with Gasteiger partial charge < -0.3 is 4.74 Å². The zero-order valence-electron chi connectivity index (χ0n) is 9.01. The third kappa shape index (κ3) is 6.36. The molecule has 0 amide bonds. The van der Waals surface area contributed by atoms with E-state index in [0.29, 0.717) is 6.42 Å². The molecule has 0 aliphatic rings. The molecule has 1 atom stereocenters. The molecule has 0 saturated heterocycles. The van der Waals surface area contributed by atoms with Crippen LogP contribution in [0, 0.1) is 5.53 Å². The molecule has 0 rings (SSSR count). The molecule has 7 heteroatoms. The van der Waals surface area contributed by atoms with Gasteiger partial charge in [-0.25, -0.2) is 5.53 Å². The molecule has 0 aromatic rings. The molecule has 0 bridgehead atoms. The van der Waals surface area contributed by atoms with E-state index < -0.39 is 18.4 Å². The highest BCUT2D eigenvalue weighted by Crippen LogP contribution is 2.24. The Morgan fingerprint density at radius 1 is 1.38 bits per heavy atom. The van der Waals surface area contributed by atoms with Gasteiger partial charge in [0, 0.05) is 6.42 Å². The molecule has 94 valence electrons. The van der Waals surface area contributed by atoms with E-state index in [2.05, 4.69) is 9.85 Å². The molecular formula is C9H15F3N2O2. The van der Waals surface area contributed by atoms with Crippen LogP contribution in [0.2, 0.25) is 0 Å². The Bertz CT molecular complexity index is 231. The summed E-state index contributed by atoms with van der Waals surface area (Å²) in [6.45, 7) is 1.98. The van der Waals surface area contributed by atoms with E-state index >= 15 is 0 Å². The van der Waals surface area contributed by atoms with Crippen LogP contribution >= 0.6 is 0 Å². The Balaban J connectivity index is 3.89. The fraction of sp³-hybridized carbons (Fsp3) is 0.889. The van der Waals surface area contributed by atoms with Crippen LogP contribution in [0.3, 0.4) is 0 Å². The number of carbonyl (C=O) groups is 1. The van der Waals surface area contributed by atoms with E-state index in [4.69, 9.17) is 5.53 Å². The second-order valence-electron chi connectivity index (χ2n) is 3.32. The Morgan fingerprint density at radius 3 is 2.44 bits per heavy atom. The van der Waals surface area contributed by atoms with E-state index in [0.717, 1.165) is 19.3 Å².